The Morgan fingerprint density at radius 2 is 2.33 bits per heavy atom. The molecule has 2 heterocycles. The van der Waals surface area contributed by atoms with Gasteiger partial charge in [-0.2, -0.15) is 0 Å². The van der Waals surface area contributed by atoms with Gasteiger partial charge in [0.1, 0.15) is 11.9 Å². The molecular formula is C11H14N4O3. The minimum absolute atomic E-state index is 0.00583. The predicted molar refractivity (Wildman–Crippen MR) is 65.3 cm³/mol. The number of carbonyl (C=O) groups is 1. The summed E-state index contributed by atoms with van der Waals surface area (Å²) in [6.07, 6.45) is 2.11. The number of pyridine rings is 1. The molecule has 0 saturated carbocycles. The Hall–Kier alpha value is -2.18. The van der Waals surface area contributed by atoms with Crippen LogP contribution in [0.5, 0.6) is 0 Å². The highest BCUT2D eigenvalue weighted by Gasteiger charge is 2.29. The molecule has 1 fully saturated rings. The number of hydrogen-bond donors (Lipinski definition) is 1. The van der Waals surface area contributed by atoms with Gasteiger partial charge in [-0.1, -0.05) is 0 Å². The SMILES string of the molecule is Cc1cnc(NC2CCN(C)C2=O)cc1[N+](=O)[O-]. The van der Waals surface area contributed by atoms with Crippen molar-refractivity contribution < 1.29 is 9.72 Å². The van der Waals surface area contributed by atoms with E-state index in [2.05, 4.69) is 10.3 Å². The van der Waals surface area contributed by atoms with Crippen molar-refractivity contribution in [2.24, 2.45) is 0 Å². The molecule has 0 spiro atoms. The summed E-state index contributed by atoms with van der Waals surface area (Å²) < 4.78 is 0. The summed E-state index contributed by atoms with van der Waals surface area (Å²) in [6.45, 7) is 2.31. The van der Waals surface area contributed by atoms with Gasteiger partial charge in [0.05, 0.1) is 11.0 Å². The monoisotopic (exact) mass is 250 g/mol. The van der Waals surface area contributed by atoms with Gasteiger partial charge in [0.2, 0.25) is 5.91 Å². The van der Waals surface area contributed by atoms with E-state index in [1.807, 2.05) is 0 Å². The third-order valence-electron chi connectivity index (χ3n) is 3.02. The van der Waals surface area contributed by atoms with Crippen molar-refractivity contribution in [1.82, 2.24) is 9.88 Å². The Kier molecular flexibility index (Phi) is 3.14. The maximum Gasteiger partial charge on any atom is 0.277 e. The summed E-state index contributed by atoms with van der Waals surface area (Å²) in [6, 6.07) is 1.02. The highest BCUT2D eigenvalue weighted by Crippen LogP contribution is 2.21. The minimum Gasteiger partial charge on any atom is -0.358 e. The summed E-state index contributed by atoms with van der Waals surface area (Å²) in [5, 5.41) is 13.7. The molecule has 1 aliphatic rings. The lowest BCUT2D eigenvalue weighted by Crippen LogP contribution is -2.31. The summed E-state index contributed by atoms with van der Waals surface area (Å²) in [7, 11) is 1.73. The number of likely N-dealkylation sites (N-methyl/N-ethyl adjacent to an activating group) is 1. The van der Waals surface area contributed by atoms with Crippen molar-refractivity contribution in [3.63, 3.8) is 0 Å². The van der Waals surface area contributed by atoms with Crippen molar-refractivity contribution in [3.8, 4) is 0 Å². The van der Waals surface area contributed by atoms with Crippen LogP contribution in [0.25, 0.3) is 0 Å². The van der Waals surface area contributed by atoms with Crippen LogP contribution < -0.4 is 5.32 Å². The Bertz CT molecular complexity index is 503. The Morgan fingerprint density at radius 3 is 2.89 bits per heavy atom. The van der Waals surface area contributed by atoms with Crippen LogP contribution in [-0.2, 0) is 4.79 Å². The lowest BCUT2D eigenvalue weighted by Gasteiger charge is -2.12. The molecule has 2 rings (SSSR count). The van der Waals surface area contributed by atoms with E-state index >= 15 is 0 Å². The molecule has 1 N–H and O–H groups in total. The first-order valence-corrected chi connectivity index (χ1v) is 5.61. The van der Waals surface area contributed by atoms with Gasteiger partial charge in [0, 0.05) is 25.4 Å². The number of nitrogens with one attached hydrogen (secondary N) is 1. The molecule has 1 aromatic rings. The molecular weight excluding hydrogens is 236 g/mol. The van der Waals surface area contributed by atoms with Gasteiger partial charge in [-0.05, 0) is 13.3 Å². The van der Waals surface area contributed by atoms with Crippen molar-refractivity contribution in [2.45, 2.75) is 19.4 Å². The number of hydrogen-bond acceptors (Lipinski definition) is 5. The van der Waals surface area contributed by atoms with Crippen LogP contribution in [0.2, 0.25) is 0 Å². The second-order valence-corrected chi connectivity index (χ2v) is 4.36. The first kappa shape index (κ1) is 12.3. The van der Waals surface area contributed by atoms with E-state index in [9.17, 15) is 14.9 Å². The second-order valence-electron chi connectivity index (χ2n) is 4.36. The third kappa shape index (κ3) is 2.24. The van der Waals surface area contributed by atoms with Crippen molar-refractivity contribution in [1.29, 1.82) is 0 Å². The lowest BCUT2D eigenvalue weighted by atomic mass is 10.2. The first-order valence-electron chi connectivity index (χ1n) is 5.61. The topological polar surface area (TPSA) is 88.4 Å². The number of nitrogens with zero attached hydrogens (tertiary/aromatic N) is 3. The second kappa shape index (κ2) is 4.59. The van der Waals surface area contributed by atoms with E-state index in [0.29, 0.717) is 24.3 Å². The van der Waals surface area contributed by atoms with Gasteiger partial charge in [0.25, 0.3) is 5.69 Å². The molecule has 1 atom stereocenters. The van der Waals surface area contributed by atoms with E-state index in [1.165, 1.54) is 12.3 Å². The smallest absolute Gasteiger partial charge is 0.277 e. The van der Waals surface area contributed by atoms with E-state index < -0.39 is 4.92 Å². The molecule has 1 aromatic heterocycles. The summed E-state index contributed by atoms with van der Waals surface area (Å²) in [5.41, 5.74) is 0.506. The Balaban J connectivity index is 2.18. The summed E-state index contributed by atoms with van der Waals surface area (Å²) in [4.78, 5) is 27.7. The fourth-order valence-electron chi connectivity index (χ4n) is 1.92. The maximum absolute atomic E-state index is 11.7. The van der Waals surface area contributed by atoms with Crippen LogP contribution in [0.3, 0.4) is 0 Å². The minimum atomic E-state index is -0.454. The molecule has 0 bridgehead atoms. The zero-order valence-corrected chi connectivity index (χ0v) is 10.2. The van der Waals surface area contributed by atoms with Crippen molar-refractivity contribution in [2.75, 3.05) is 18.9 Å². The molecule has 18 heavy (non-hydrogen) atoms. The van der Waals surface area contributed by atoms with E-state index in [4.69, 9.17) is 0 Å². The van der Waals surface area contributed by atoms with Gasteiger partial charge in [-0.3, -0.25) is 14.9 Å². The zero-order chi connectivity index (χ0) is 13.3. The molecule has 7 nitrogen and oxygen atoms in total. The average Bonchev–Trinajstić information content (AvgIpc) is 2.63. The highest BCUT2D eigenvalue weighted by atomic mass is 16.6. The fraction of sp³-hybridized carbons (Fsp3) is 0.455. The first-order chi connectivity index (χ1) is 8.49. The number of amides is 1. The summed E-state index contributed by atoms with van der Waals surface area (Å²) >= 11 is 0. The van der Waals surface area contributed by atoms with E-state index in [1.54, 1.807) is 18.9 Å². The number of anilines is 1. The van der Waals surface area contributed by atoms with Gasteiger partial charge in [-0.15, -0.1) is 0 Å². The Labute approximate surface area is 104 Å². The molecule has 1 saturated heterocycles. The Morgan fingerprint density at radius 1 is 1.61 bits per heavy atom. The van der Waals surface area contributed by atoms with E-state index in [0.717, 1.165) is 0 Å². The van der Waals surface area contributed by atoms with Gasteiger partial charge in [-0.25, -0.2) is 4.98 Å². The predicted octanol–water partition coefficient (Wildman–Crippen LogP) is 0.941. The quantitative estimate of drug-likeness (QED) is 0.637. The molecule has 1 aliphatic heterocycles. The van der Waals surface area contributed by atoms with Gasteiger partial charge < -0.3 is 10.2 Å². The molecule has 1 amide bonds. The number of nitro groups is 1. The van der Waals surface area contributed by atoms with Gasteiger partial charge in [0.15, 0.2) is 0 Å². The highest BCUT2D eigenvalue weighted by molar-refractivity contribution is 5.86. The lowest BCUT2D eigenvalue weighted by molar-refractivity contribution is -0.385. The number of aromatic nitrogens is 1. The molecule has 96 valence electrons. The van der Waals surface area contributed by atoms with Crippen LogP contribution in [-0.4, -0.2) is 40.3 Å². The van der Waals surface area contributed by atoms with Crippen LogP contribution in [0.15, 0.2) is 12.3 Å². The molecule has 0 radical (unpaired) electrons. The largest absolute Gasteiger partial charge is 0.358 e. The number of likely N-dealkylation sites (tertiary alicyclic amines) is 1. The van der Waals surface area contributed by atoms with Gasteiger partial charge >= 0.3 is 0 Å². The molecule has 1 unspecified atom stereocenters. The van der Waals surface area contributed by atoms with Crippen LogP contribution >= 0.6 is 0 Å². The average molecular weight is 250 g/mol. The number of aryl methyl sites for hydroxylation is 1. The molecule has 7 heteroatoms. The van der Waals surface area contributed by atoms with E-state index in [-0.39, 0.29) is 17.6 Å². The molecule has 0 aliphatic carbocycles. The van der Waals surface area contributed by atoms with Crippen LogP contribution in [0.4, 0.5) is 11.5 Å². The number of rotatable bonds is 3. The fourth-order valence-corrected chi connectivity index (χ4v) is 1.92. The van der Waals surface area contributed by atoms with Crippen molar-refractivity contribution in [3.05, 3.63) is 27.9 Å². The zero-order valence-electron chi connectivity index (χ0n) is 10.2. The van der Waals surface area contributed by atoms with Crippen molar-refractivity contribution >= 4 is 17.4 Å². The standard InChI is InChI=1S/C11H14N4O3/c1-7-6-12-10(5-9(7)15(17)18)13-8-3-4-14(2)11(8)16/h5-6,8H,3-4H2,1-2H3,(H,12,13). The number of carbonyl (C=O) groups excluding carboxylic acids is 1. The van der Waals surface area contributed by atoms with Crippen LogP contribution in [0.1, 0.15) is 12.0 Å². The molecule has 0 aromatic carbocycles. The summed E-state index contributed by atoms with van der Waals surface area (Å²) in [5.74, 6) is 0.348. The van der Waals surface area contributed by atoms with Crippen LogP contribution in [0, 0.1) is 17.0 Å². The third-order valence-corrected chi connectivity index (χ3v) is 3.02. The maximum atomic E-state index is 11.7. The normalized spacial score (nSPS) is 19.1.